The predicted molar refractivity (Wildman–Crippen MR) is 125 cm³/mol. The molecule has 0 atom stereocenters. The average Bonchev–Trinajstić information content (AvgIpc) is 3.30. The van der Waals surface area contributed by atoms with Crippen LogP contribution in [-0.4, -0.2) is 81.6 Å². The van der Waals surface area contributed by atoms with Crippen LogP contribution in [0.2, 0.25) is 0 Å². The smallest absolute Gasteiger partial charge is 0.214 e. The van der Waals surface area contributed by atoms with E-state index in [1.165, 1.54) is 77.7 Å². The molecule has 7 nitrogen and oxygen atoms in total. The molecule has 0 aliphatic carbocycles. The minimum atomic E-state index is 0.763. The van der Waals surface area contributed by atoms with Crippen molar-refractivity contribution in [3.63, 3.8) is 0 Å². The Balaban J connectivity index is 1.18. The van der Waals surface area contributed by atoms with E-state index < -0.39 is 0 Å². The first-order chi connectivity index (χ1) is 15.4. The lowest BCUT2D eigenvalue weighted by Crippen LogP contribution is -2.31. The van der Waals surface area contributed by atoms with Crippen LogP contribution in [0.5, 0.6) is 5.75 Å². The van der Waals surface area contributed by atoms with E-state index >= 15 is 0 Å². The molecule has 0 amide bonds. The van der Waals surface area contributed by atoms with Crippen molar-refractivity contribution >= 4 is 11.8 Å². The highest BCUT2D eigenvalue weighted by Gasteiger charge is 2.12. The second-order valence-corrected chi connectivity index (χ2v) is 9.64. The quantitative estimate of drug-likeness (QED) is 0.385. The molecule has 170 valence electrons. The molecule has 0 spiro atoms. The van der Waals surface area contributed by atoms with Gasteiger partial charge in [0.1, 0.15) is 5.75 Å². The van der Waals surface area contributed by atoms with Gasteiger partial charge in [0, 0.05) is 12.3 Å². The van der Waals surface area contributed by atoms with E-state index in [1.54, 1.807) is 11.8 Å². The molecule has 2 saturated heterocycles. The lowest BCUT2D eigenvalue weighted by atomic mass is 10.1. The number of rotatable bonds is 11. The summed E-state index contributed by atoms with van der Waals surface area (Å²) in [5, 5.41) is 13.2. The Morgan fingerprint density at radius 1 is 0.806 bits per heavy atom. The second kappa shape index (κ2) is 12.4. The first-order valence-electron chi connectivity index (χ1n) is 12.0. The molecule has 2 aliphatic rings. The number of thioether (sulfide) groups is 1. The molecule has 0 N–H and O–H groups in total. The highest BCUT2D eigenvalue weighted by atomic mass is 32.2. The maximum atomic E-state index is 5.94. The summed E-state index contributed by atoms with van der Waals surface area (Å²) in [5.41, 5.74) is 0.976. The highest BCUT2D eigenvalue weighted by molar-refractivity contribution is 7.99. The number of piperidine rings is 2. The van der Waals surface area contributed by atoms with Gasteiger partial charge < -0.3 is 14.5 Å². The van der Waals surface area contributed by atoms with Crippen LogP contribution in [0.15, 0.2) is 29.4 Å². The van der Waals surface area contributed by atoms with E-state index in [2.05, 4.69) is 25.3 Å². The Morgan fingerprint density at radius 3 is 2.13 bits per heavy atom. The molecule has 2 aliphatic heterocycles. The van der Waals surface area contributed by atoms with Crippen molar-refractivity contribution in [1.82, 2.24) is 30.0 Å². The van der Waals surface area contributed by atoms with Gasteiger partial charge in [-0.15, -0.1) is 5.10 Å². The molecule has 0 radical (unpaired) electrons. The van der Waals surface area contributed by atoms with Gasteiger partial charge in [-0.25, -0.2) is 0 Å². The number of likely N-dealkylation sites (tertiary alicyclic amines) is 2. The molecule has 1 aromatic carbocycles. The maximum absolute atomic E-state index is 5.94. The molecule has 31 heavy (non-hydrogen) atoms. The predicted octanol–water partition coefficient (Wildman–Crippen LogP) is 3.89. The largest absolute Gasteiger partial charge is 0.494 e. The molecule has 4 rings (SSSR count). The maximum Gasteiger partial charge on any atom is 0.214 e. The zero-order valence-corrected chi connectivity index (χ0v) is 19.4. The summed E-state index contributed by atoms with van der Waals surface area (Å²) in [7, 11) is 0. The Labute approximate surface area is 190 Å². The minimum Gasteiger partial charge on any atom is -0.494 e. The molecule has 3 heterocycles. The van der Waals surface area contributed by atoms with Crippen molar-refractivity contribution in [2.75, 3.05) is 51.6 Å². The van der Waals surface area contributed by atoms with E-state index in [0.717, 1.165) is 41.9 Å². The van der Waals surface area contributed by atoms with Gasteiger partial charge in [-0.3, -0.25) is 0 Å². The number of aromatic nitrogens is 4. The average molecular weight is 445 g/mol. The van der Waals surface area contributed by atoms with Crippen molar-refractivity contribution in [2.24, 2.45) is 0 Å². The zero-order valence-electron chi connectivity index (χ0n) is 18.6. The van der Waals surface area contributed by atoms with Gasteiger partial charge in [0.2, 0.25) is 5.16 Å². The molecule has 0 saturated carbocycles. The van der Waals surface area contributed by atoms with Gasteiger partial charge in [-0.05, 0) is 106 Å². The Morgan fingerprint density at radius 2 is 1.45 bits per heavy atom. The van der Waals surface area contributed by atoms with Crippen LogP contribution in [0.3, 0.4) is 0 Å². The van der Waals surface area contributed by atoms with Crippen molar-refractivity contribution in [1.29, 1.82) is 0 Å². The Kier molecular flexibility index (Phi) is 9.03. The van der Waals surface area contributed by atoms with Gasteiger partial charge in [-0.1, -0.05) is 24.6 Å². The van der Waals surface area contributed by atoms with Crippen LogP contribution in [0.25, 0.3) is 5.69 Å². The van der Waals surface area contributed by atoms with Crippen molar-refractivity contribution in [3.8, 4) is 11.4 Å². The standard InChI is InChI=1S/C23H36N6OS/c1-3-13-27(14-4-1)17-7-19-30-22-11-9-21(10-12-22)29-23(24-25-26-29)31-20-8-18-28-15-5-2-6-16-28/h9-12H,1-8,13-20H2. The summed E-state index contributed by atoms with van der Waals surface area (Å²) in [5.74, 6) is 1.95. The van der Waals surface area contributed by atoms with E-state index in [-0.39, 0.29) is 0 Å². The van der Waals surface area contributed by atoms with Gasteiger partial charge in [-0.2, -0.15) is 4.68 Å². The Hall–Kier alpha value is -1.64. The molecule has 0 unspecified atom stereocenters. The summed E-state index contributed by atoms with van der Waals surface area (Å²) < 4.78 is 7.76. The fourth-order valence-corrected chi connectivity index (χ4v) is 5.22. The number of nitrogens with zero attached hydrogens (tertiary/aromatic N) is 6. The summed E-state index contributed by atoms with van der Waals surface area (Å²) >= 11 is 1.74. The molecular formula is C23H36N6OS. The highest BCUT2D eigenvalue weighted by Crippen LogP contribution is 2.21. The lowest BCUT2D eigenvalue weighted by Gasteiger charge is -2.26. The van der Waals surface area contributed by atoms with E-state index in [9.17, 15) is 0 Å². The Bertz CT molecular complexity index is 756. The third kappa shape index (κ3) is 7.19. The van der Waals surface area contributed by atoms with Crippen LogP contribution in [-0.2, 0) is 0 Å². The molecule has 8 heteroatoms. The normalized spacial score (nSPS) is 18.3. The molecule has 2 aromatic rings. The zero-order chi connectivity index (χ0) is 21.1. The molecule has 0 bridgehead atoms. The van der Waals surface area contributed by atoms with Gasteiger partial charge in [0.25, 0.3) is 0 Å². The topological polar surface area (TPSA) is 59.3 Å². The number of benzene rings is 1. The summed E-state index contributed by atoms with van der Waals surface area (Å²) in [6, 6.07) is 8.10. The third-order valence-electron chi connectivity index (χ3n) is 6.16. The number of ether oxygens (including phenoxy) is 1. The van der Waals surface area contributed by atoms with Crippen LogP contribution >= 0.6 is 11.8 Å². The second-order valence-electron chi connectivity index (χ2n) is 8.58. The summed E-state index contributed by atoms with van der Waals surface area (Å²) in [6.07, 6.45) is 10.4. The number of hydrogen-bond donors (Lipinski definition) is 0. The summed E-state index contributed by atoms with van der Waals surface area (Å²) in [6.45, 7) is 8.10. The van der Waals surface area contributed by atoms with Crippen molar-refractivity contribution < 1.29 is 4.74 Å². The molecule has 1 aromatic heterocycles. The number of tetrazole rings is 1. The van der Waals surface area contributed by atoms with Crippen LogP contribution in [0, 0.1) is 0 Å². The van der Waals surface area contributed by atoms with Gasteiger partial charge >= 0.3 is 0 Å². The lowest BCUT2D eigenvalue weighted by molar-refractivity contribution is 0.205. The van der Waals surface area contributed by atoms with Gasteiger partial charge in [0.15, 0.2) is 0 Å². The SMILES string of the molecule is c1cc(-n2nnnc2SCCCN2CCCCC2)ccc1OCCCN1CCCCC1. The van der Waals surface area contributed by atoms with E-state index in [1.807, 2.05) is 28.9 Å². The van der Waals surface area contributed by atoms with E-state index in [0.29, 0.717) is 0 Å². The van der Waals surface area contributed by atoms with Crippen molar-refractivity contribution in [3.05, 3.63) is 24.3 Å². The monoisotopic (exact) mass is 444 g/mol. The third-order valence-corrected chi connectivity index (χ3v) is 7.16. The first kappa shape index (κ1) is 22.6. The minimum absolute atomic E-state index is 0.763. The summed E-state index contributed by atoms with van der Waals surface area (Å²) in [4.78, 5) is 5.14. The van der Waals surface area contributed by atoms with Crippen LogP contribution < -0.4 is 4.74 Å². The van der Waals surface area contributed by atoms with Gasteiger partial charge in [0.05, 0.1) is 12.3 Å². The molecular weight excluding hydrogens is 408 g/mol. The van der Waals surface area contributed by atoms with E-state index in [4.69, 9.17) is 4.74 Å². The van der Waals surface area contributed by atoms with Crippen molar-refractivity contribution in [2.45, 2.75) is 56.5 Å². The fourth-order valence-electron chi connectivity index (χ4n) is 4.41. The molecule has 2 fully saturated rings. The van der Waals surface area contributed by atoms with Crippen LogP contribution in [0.4, 0.5) is 0 Å². The first-order valence-corrected chi connectivity index (χ1v) is 13.0. The van der Waals surface area contributed by atoms with Crippen LogP contribution in [0.1, 0.15) is 51.4 Å². The number of hydrogen-bond acceptors (Lipinski definition) is 7. The fraction of sp³-hybridized carbons (Fsp3) is 0.696.